The lowest BCUT2D eigenvalue weighted by Crippen LogP contribution is -2.31. The van der Waals surface area contributed by atoms with Crippen LogP contribution in [0.1, 0.15) is 17.5 Å². The maximum Gasteiger partial charge on any atom is 0.214 e. The summed E-state index contributed by atoms with van der Waals surface area (Å²) in [5.74, 6) is -0.0487. The van der Waals surface area contributed by atoms with Gasteiger partial charge in [-0.15, -0.1) is 11.3 Å². The first-order valence-corrected chi connectivity index (χ1v) is 9.40. The molecule has 0 bridgehead atoms. The molecule has 1 N–H and O–H groups in total. The monoisotopic (exact) mass is 340 g/mol. The van der Waals surface area contributed by atoms with E-state index < -0.39 is 10.0 Å². The number of aromatic nitrogens is 1. The number of aryl methyl sites for hydroxylation is 1. The van der Waals surface area contributed by atoms with Crippen LogP contribution in [0.15, 0.2) is 30.3 Å². The molecule has 0 spiro atoms. The molecule has 0 saturated carbocycles. The molecule has 2 aromatic rings. The number of thiazole rings is 1. The summed E-state index contributed by atoms with van der Waals surface area (Å²) in [6.45, 7) is 3.88. The van der Waals surface area contributed by atoms with E-state index in [1.807, 2.05) is 37.3 Å². The minimum absolute atomic E-state index is 0.0487. The average Bonchev–Trinajstić information content (AvgIpc) is 2.87. The van der Waals surface area contributed by atoms with Crippen molar-refractivity contribution in [3.05, 3.63) is 40.9 Å². The van der Waals surface area contributed by atoms with Gasteiger partial charge in [0, 0.05) is 24.1 Å². The quantitative estimate of drug-likeness (QED) is 0.841. The number of benzene rings is 1. The Morgan fingerprint density at radius 3 is 2.64 bits per heavy atom. The third-order valence-electron chi connectivity index (χ3n) is 3.22. The van der Waals surface area contributed by atoms with Crippen molar-refractivity contribution in [1.29, 1.82) is 0 Å². The Hall–Kier alpha value is -1.28. The zero-order valence-corrected chi connectivity index (χ0v) is 14.5. The molecule has 22 heavy (non-hydrogen) atoms. The maximum absolute atomic E-state index is 12.0. The first-order chi connectivity index (χ1) is 10.4. The van der Waals surface area contributed by atoms with Crippen LogP contribution in [0.5, 0.6) is 0 Å². The summed E-state index contributed by atoms with van der Waals surface area (Å²) in [6.07, 6.45) is -0.333. The molecular formula is C15H20N2O3S2. The van der Waals surface area contributed by atoms with Gasteiger partial charge in [0.05, 0.1) is 17.6 Å². The number of rotatable bonds is 7. The van der Waals surface area contributed by atoms with Crippen molar-refractivity contribution in [3.8, 4) is 10.6 Å². The summed E-state index contributed by atoms with van der Waals surface area (Å²) in [7, 11) is -1.86. The van der Waals surface area contributed by atoms with Gasteiger partial charge in [-0.3, -0.25) is 0 Å². The Kier molecular flexibility index (Phi) is 5.69. The minimum Gasteiger partial charge on any atom is -0.381 e. The highest BCUT2D eigenvalue weighted by molar-refractivity contribution is 7.89. The average molecular weight is 340 g/mol. The third-order valence-corrected chi connectivity index (χ3v) is 5.92. The summed E-state index contributed by atoms with van der Waals surface area (Å²) in [6, 6.07) is 9.86. The first kappa shape index (κ1) is 17.1. The van der Waals surface area contributed by atoms with Crippen LogP contribution in [0.4, 0.5) is 0 Å². The SMILES string of the molecule is COC(C)CS(=O)(=O)NCc1sc(-c2ccccc2)nc1C. The molecule has 120 valence electrons. The molecule has 0 radical (unpaired) electrons. The van der Waals surface area contributed by atoms with Gasteiger partial charge < -0.3 is 4.74 Å². The van der Waals surface area contributed by atoms with Gasteiger partial charge in [-0.25, -0.2) is 18.1 Å². The molecule has 1 aromatic heterocycles. The van der Waals surface area contributed by atoms with Crippen LogP contribution >= 0.6 is 11.3 Å². The second-order valence-electron chi connectivity index (χ2n) is 5.04. The molecule has 0 fully saturated rings. The highest BCUT2D eigenvalue weighted by atomic mass is 32.2. The van der Waals surface area contributed by atoms with E-state index in [-0.39, 0.29) is 18.4 Å². The van der Waals surface area contributed by atoms with Gasteiger partial charge in [0.2, 0.25) is 10.0 Å². The van der Waals surface area contributed by atoms with Crippen molar-refractivity contribution in [2.45, 2.75) is 26.5 Å². The third kappa shape index (κ3) is 4.61. The lowest BCUT2D eigenvalue weighted by molar-refractivity contribution is 0.136. The number of ether oxygens (including phenoxy) is 1. The Bertz CT molecular complexity index is 712. The van der Waals surface area contributed by atoms with Crippen LogP contribution in [0, 0.1) is 6.92 Å². The highest BCUT2D eigenvalue weighted by Crippen LogP contribution is 2.27. The van der Waals surface area contributed by atoms with Gasteiger partial charge in [0.1, 0.15) is 5.01 Å². The van der Waals surface area contributed by atoms with E-state index in [2.05, 4.69) is 9.71 Å². The molecular weight excluding hydrogens is 320 g/mol. The molecule has 1 heterocycles. The van der Waals surface area contributed by atoms with E-state index in [9.17, 15) is 8.42 Å². The van der Waals surface area contributed by atoms with Crippen molar-refractivity contribution >= 4 is 21.4 Å². The highest BCUT2D eigenvalue weighted by Gasteiger charge is 2.17. The van der Waals surface area contributed by atoms with Crippen LogP contribution < -0.4 is 4.72 Å². The minimum atomic E-state index is -3.36. The van der Waals surface area contributed by atoms with E-state index in [0.717, 1.165) is 21.1 Å². The lowest BCUT2D eigenvalue weighted by atomic mass is 10.2. The standard InChI is InChI=1S/C15H20N2O3S2/c1-11(20-3)10-22(18,19)16-9-14-12(2)17-15(21-14)13-7-5-4-6-8-13/h4-8,11,16H,9-10H2,1-3H3. The van der Waals surface area contributed by atoms with Gasteiger partial charge in [-0.1, -0.05) is 30.3 Å². The summed E-state index contributed by atoms with van der Waals surface area (Å²) >= 11 is 1.51. The van der Waals surface area contributed by atoms with Crippen molar-refractivity contribution < 1.29 is 13.2 Å². The second kappa shape index (κ2) is 7.32. The Labute approximate surface area is 135 Å². The predicted molar refractivity (Wildman–Crippen MR) is 89.4 cm³/mol. The molecule has 0 aliphatic heterocycles. The molecule has 0 amide bonds. The summed E-state index contributed by atoms with van der Waals surface area (Å²) < 4.78 is 31.5. The number of hydrogen-bond acceptors (Lipinski definition) is 5. The first-order valence-electron chi connectivity index (χ1n) is 6.93. The van der Waals surface area contributed by atoms with Crippen LogP contribution in [-0.2, 0) is 21.3 Å². The fourth-order valence-electron chi connectivity index (χ4n) is 1.91. The van der Waals surface area contributed by atoms with Crippen molar-refractivity contribution in [3.63, 3.8) is 0 Å². The van der Waals surface area contributed by atoms with Crippen LogP contribution in [0.25, 0.3) is 10.6 Å². The zero-order valence-electron chi connectivity index (χ0n) is 12.9. The summed E-state index contributed by atoms with van der Waals surface area (Å²) in [4.78, 5) is 5.44. The van der Waals surface area contributed by atoms with Gasteiger partial charge in [0.25, 0.3) is 0 Å². The van der Waals surface area contributed by atoms with Gasteiger partial charge in [-0.05, 0) is 13.8 Å². The molecule has 7 heteroatoms. The van der Waals surface area contributed by atoms with Crippen LogP contribution in [0.3, 0.4) is 0 Å². The second-order valence-corrected chi connectivity index (χ2v) is 7.98. The zero-order chi connectivity index (χ0) is 16.2. The number of hydrogen-bond donors (Lipinski definition) is 1. The molecule has 1 unspecified atom stereocenters. The molecule has 1 aromatic carbocycles. The van der Waals surface area contributed by atoms with Crippen LogP contribution in [-0.4, -0.2) is 32.4 Å². The topological polar surface area (TPSA) is 68.3 Å². The van der Waals surface area contributed by atoms with E-state index >= 15 is 0 Å². The Morgan fingerprint density at radius 2 is 2.00 bits per heavy atom. The molecule has 0 aliphatic carbocycles. The number of nitrogens with one attached hydrogen (secondary N) is 1. The van der Waals surface area contributed by atoms with Crippen molar-refractivity contribution in [1.82, 2.24) is 9.71 Å². The molecule has 2 rings (SSSR count). The Balaban J connectivity index is 2.07. The van der Waals surface area contributed by atoms with Gasteiger partial charge in [0.15, 0.2) is 0 Å². The number of nitrogens with zero attached hydrogens (tertiary/aromatic N) is 1. The number of methoxy groups -OCH3 is 1. The fraction of sp³-hybridized carbons (Fsp3) is 0.400. The lowest BCUT2D eigenvalue weighted by Gasteiger charge is -2.10. The van der Waals surface area contributed by atoms with E-state index in [1.54, 1.807) is 6.92 Å². The largest absolute Gasteiger partial charge is 0.381 e. The normalized spacial score (nSPS) is 13.2. The predicted octanol–water partition coefficient (Wildman–Crippen LogP) is 2.57. The molecule has 1 atom stereocenters. The molecule has 5 nitrogen and oxygen atoms in total. The number of sulfonamides is 1. The van der Waals surface area contributed by atoms with E-state index in [4.69, 9.17) is 4.74 Å². The van der Waals surface area contributed by atoms with Crippen molar-refractivity contribution in [2.24, 2.45) is 0 Å². The van der Waals surface area contributed by atoms with Crippen molar-refractivity contribution in [2.75, 3.05) is 12.9 Å². The van der Waals surface area contributed by atoms with Gasteiger partial charge in [-0.2, -0.15) is 0 Å². The fourth-order valence-corrected chi connectivity index (χ4v) is 4.24. The van der Waals surface area contributed by atoms with Crippen LogP contribution in [0.2, 0.25) is 0 Å². The van der Waals surface area contributed by atoms with E-state index in [1.165, 1.54) is 18.4 Å². The van der Waals surface area contributed by atoms with E-state index in [0.29, 0.717) is 0 Å². The molecule has 0 saturated heterocycles. The maximum atomic E-state index is 12.0. The smallest absolute Gasteiger partial charge is 0.214 e. The van der Waals surface area contributed by atoms with Gasteiger partial charge >= 0.3 is 0 Å². The Morgan fingerprint density at radius 1 is 1.32 bits per heavy atom. The summed E-state index contributed by atoms with van der Waals surface area (Å²) in [5.41, 5.74) is 1.89. The molecule has 0 aliphatic rings. The summed E-state index contributed by atoms with van der Waals surface area (Å²) in [5, 5.41) is 0.901.